The van der Waals surface area contributed by atoms with Gasteiger partial charge in [-0.15, -0.1) is 4.91 Å². The molecule has 4 aliphatic rings. The minimum atomic E-state index is -2.89. The molecule has 1 amide bonds. The first kappa shape index (κ1) is 27.9. The van der Waals surface area contributed by atoms with Crippen molar-refractivity contribution >= 4 is 23.2 Å². The predicted molar refractivity (Wildman–Crippen MR) is 145 cm³/mol. The van der Waals surface area contributed by atoms with Gasteiger partial charge in [-0.1, -0.05) is 0 Å². The van der Waals surface area contributed by atoms with E-state index in [0.29, 0.717) is 35.4 Å². The van der Waals surface area contributed by atoms with Crippen LogP contribution < -0.4 is 16.4 Å². The summed E-state index contributed by atoms with van der Waals surface area (Å²) in [5.74, 6) is -5.38. The van der Waals surface area contributed by atoms with Crippen LogP contribution in [0.15, 0.2) is 33.8 Å². The lowest BCUT2D eigenvalue weighted by atomic mass is 9.56. The summed E-state index contributed by atoms with van der Waals surface area (Å²) in [5.41, 5.74) is 7.20. The first-order valence-electron chi connectivity index (χ1n) is 13.4. The standard InChI is InChI=1S/C28H35N5O7/c1-12-5-6-13(2)33(12)11-15-8-18(32(3)4)16-7-14-9-27(30)10-17(31-40)21(26(29)38)25(37)28(27,39)24(36)19(14)23(35)20(16)22(15)34/h8,12-14,34,36,39H,5-7,9-11,30H2,1-4H3,(H2,29,38)/t12?,13?,14-,27+,28-/m0/s1. The van der Waals surface area contributed by atoms with Gasteiger partial charge in [-0.05, 0) is 62.3 Å². The number of ketones is 2. The number of primary amides is 1. The van der Waals surface area contributed by atoms with E-state index in [0.717, 1.165) is 12.8 Å². The average molecular weight is 554 g/mol. The molecule has 0 aromatic heterocycles. The molecule has 1 aliphatic heterocycles. The summed E-state index contributed by atoms with van der Waals surface area (Å²) >= 11 is 0. The molecule has 3 aliphatic carbocycles. The number of carbonyl (C=O) groups excluding carboxylic acids is 3. The highest BCUT2D eigenvalue weighted by Gasteiger charge is 2.66. The first-order valence-corrected chi connectivity index (χ1v) is 13.4. The van der Waals surface area contributed by atoms with Crippen LogP contribution in [0.4, 0.5) is 5.69 Å². The lowest BCUT2D eigenvalue weighted by molar-refractivity contribution is -0.145. The zero-order chi connectivity index (χ0) is 29.5. The first-order chi connectivity index (χ1) is 18.7. The minimum absolute atomic E-state index is 0.00389. The molecule has 0 saturated carbocycles. The zero-order valence-electron chi connectivity index (χ0n) is 23.0. The number of nitrogens with two attached hydrogens (primary N) is 2. The van der Waals surface area contributed by atoms with Gasteiger partial charge in [0.15, 0.2) is 5.78 Å². The number of aliphatic hydroxyl groups excluding tert-OH is 1. The predicted octanol–water partition coefficient (Wildman–Crippen LogP) is 1.31. The van der Waals surface area contributed by atoms with Crippen LogP contribution in [0.25, 0.3) is 0 Å². The van der Waals surface area contributed by atoms with Crippen LogP contribution in [-0.4, -0.2) is 75.0 Å². The quantitative estimate of drug-likeness (QED) is 0.261. The van der Waals surface area contributed by atoms with E-state index < -0.39 is 58.0 Å². The maximum Gasteiger partial charge on any atom is 0.254 e. The number of rotatable bonds is 5. The third-order valence-electron chi connectivity index (χ3n) is 9.38. The van der Waals surface area contributed by atoms with Gasteiger partial charge in [-0.25, -0.2) is 0 Å². The Kier molecular flexibility index (Phi) is 6.44. The van der Waals surface area contributed by atoms with E-state index in [-0.39, 0.29) is 29.7 Å². The average Bonchev–Trinajstić information content (AvgIpc) is 3.19. The van der Waals surface area contributed by atoms with Gasteiger partial charge in [-0.3, -0.25) is 19.3 Å². The number of nitrogens with zero attached hydrogens (tertiary/aromatic N) is 3. The summed E-state index contributed by atoms with van der Waals surface area (Å²) in [6, 6.07) is 2.45. The number of aliphatic hydroxyl groups is 2. The number of phenolic OH excluding ortho intramolecular Hbond substituents is 1. The number of benzene rings is 1. The fraction of sp³-hybridized carbons (Fsp3) is 0.536. The number of hydrogen-bond acceptors (Lipinski definition) is 11. The van der Waals surface area contributed by atoms with E-state index in [9.17, 15) is 34.6 Å². The molecule has 1 fully saturated rings. The molecular weight excluding hydrogens is 518 g/mol. The molecule has 5 rings (SSSR count). The molecule has 12 heteroatoms. The highest BCUT2D eigenvalue weighted by Crippen LogP contribution is 2.54. The SMILES string of the molecule is CC1CCC(C)N1Cc1cc(N(C)C)c2c(c1O)C(=O)C1=C(O)[C@]3(O)C(=O)C(C(N)=O)=C(N=O)C[C@]3(N)C[C@@H]1C2. The monoisotopic (exact) mass is 553 g/mol. The molecule has 1 aromatic carbocycles. The fourth-order valence-electron chi connectivity index (χ4n) is 7.21. The molecule has 12 nitrogen and oxygen atoms in total. The van der Waals surface area contributed by atoms with Crippen molar-refractivity contribution < 1.29 is 29.7 Å². The van der Waals surface area contributed by atoms with E-state index >= 15 is 0 Å². The molecule has 0 radical (unpaired) electrons. The molecule has 1 saturated heterocycles. The molecule has 1 aromatic rings. The van der Waals surface area contributed by atoms with E-state index in [1.807, 2.05) is 25.1 Å². The van der Waals surface area contributed by atoms with Gasteiger partial charge in [0, 0.05) is 56.0 Å². The van der Waals surface area contributed by atoms with Crippen LogP contribution in [0.5, 0.6) is 5.75 Å². The third-order valence-corrected chi connectivity index (χ3v) is 9.38. The topological polar surface area (TPSA) is 200 Å². The van der Waals surface area contributed by atoms with Crippen molar-refractivity contribution in [3.8, 4) is 5.75 Å². The van der Waals surface area contributed by atoms with Crippen LogP contribution in [0.3, 0.4) is 0 Å². The Morgan fingerprint density at radius 2 is 1.82 bits per heavy atom. The van der Waals surface area contributed by atoms with E-state index in [1.165, 1.54) is 0 Å². The van der Waals surface area contributed by atoms with Gasteiger partial charge in [-0.2, -0.15) is 0 Å². The smallest absolute Gasteiger partial charge is 0.254 e. The number of hydrogen-bond donors (Lipinski definition) is 5. The number of phenols is 1. The third kappa shape index (κ3) is 3.66. The van der Waals surface area contributed by atoms with Crippen molar-refractivity contribution in [2.45, 2.75) is 75.7 Å². The Hall–Kier alpha value is -3.61. The number of anilines is 1. The number of fused-ring (bicyclic) bond motifs is 3. The summed E-state index contributed by atoms with van der Waals surface area (Å²) in [7, 11) is 3.65. The van der Waals surface area contributed by atoms with Gasteiger partial charge in [0.2, 0.25) is 11.4 Å². The Labute approximate surface area is 231 Å². The number of Topliss-reactive ketones (excluding diaryl/α,β-unsaturated/α-hetero) is 2. The second-order valence-electron chi connectivity index (χ2n) is 11.9. The van der Waals surface area contributed by atoms with Gasteiger partial charge in [0.05, 0.1) is 11.1 Å². The number of allylic oxidation sites excluding steroid dienone is 1. The lowest BCUT2D eigenvalue weighted by Gasteiger charge is -2.52. The van der Waals surface area contributed by atoms with Crippen LogP contribution in [0.2, 0.25) is 0 Å². The van der Waals surface area contributed by atoms with Gasteiger partial charge < -0.3 is 31.7 Å². The fourth-order valence-corrected chi connectivity index (χ4v) is 7.21. The van der Waals surface area contributed by atoms with Crippen LogP contribution in [-0.2, 0) is 22.6 Å². The Morgan fingerprint density at radius 1 is 1.20 bits per heavy atom. The van der Waals surface area contributed by atoms with E-state index in [4.69, 9.17) is 11.5 Å². The molecule has 40 heavy (non-hydrogen) atoms. The number of amides is 1. The van der Waals surface area contributed by atoms with Gasteiger partial charge in [0.1, 0.15) is 22.8 Å². The Bertz CT molecular complexity index is 1420. The maximum atomic E-state index is 14.1. The van der Waals surface area contributed by atoms with Crippen molar-refractivity contribution in [1.29, 1.82) is 0 Å². The number of nitroso groups, excluding NO2 is 1. The largest absolute Gasteiger partial charge is 0.508 e. The summed E-state index contributed by atoms with van der Waals surface area (Å²) in [4.78, 5) is 55.1. The van der Waals surface area contributed by atoms with Crippen molar-refractivity contribution in [2.75, 3.05) is 19.0 Å². The highest BCUT2D eigenvalue weighted by atomic mass is 16.3. The van der Waals surface area contributed by atoms with E-state index in [2.05, 4.69) is 23.9 Å². The zero-order valence-corrected chi connectivity index (χ0v) is 23.0. The summed E-state index contributed by atoms with van der Waals surface area (Å²) in [5, 5.41) is 37.3. The molecule has 214 valence electrons. The molecule has 5 atom stereocenters. The van der Waals surface area contributed by atoms with Gasteiger partial charge >= 0.3 is 0 Å². The number of aromatic hydroxyl groups is 1. The summed E-state index contributed by atoms with van der Waals surface area (Å²) in [6.07, 6.45) is 1.51. The Balaban J connectivity index is 1.69. The summed E-state index contributed by atoms with van der Waals surface area (Å²) < 4.78 is 0. The molecule has 1 heterocycles. The second kappa shape index (κ2) is 9.22. The normalized spacial score (nSPS) is 32.1. The lowest BCUT2D eigenvalue weighted by Crippen LogP contribution is -2.71. The molecule has 2 unspecified atom stereocenters. The van der Waals surface area contributed by atoms with E-state index in [1.54, 1.807) is 0 Å². The van der Waals surface area contributed by atoms with Crippen LogP contribution in [0.1, 0.15) is 61.0 Å². The minimum Gasteiger partial charge on any atom is -0.508 e. The highest BCUT2D eigenvalue weighted by molar-refractivity contribution is 6.25. The number of likely N-dealkylation sites (tertiary alicyclic amines) is 1. The van der Waals surface area contributed by atoms with Crippen LogP contribution in [0, 0.1) is 10.8 Å². The van der Waals surface area contributed by atoms with Crippen molar-refractivity contribution in [3.63, 3.8) is 0 Å². The molecular formula is C28H35N5O7. The molecule has 0 spiro atoms. The van der Waals surface area contributed by atoms with Gasteiger partial charge in [0.25, 0.3) is 5.91 Å². The van der Waals surface area contributed by atoms with Crippen molar-refractivity contribution in [2.24, 2.45) is 22.6 Å². The second-order valence-corrected chi connectivity index (χ2v) is 11.9. The molecule has 0 bridgehead atoms. The van der Waals surface area contributed by atoms with Crippen LogP contribution >= 0.6 is 0 Å². The Morgan fingerprint density at radius 3 is 2.38 bits per heavy atom. The summed E-state index contributed by atoms with van der Waals surface area (Å²) in [6.45, 7) is 4.65. The van der Waals surface area contributed by atoms with Crippen molar-refractivity contribution in [3.05, 3.63) is 50.3 Å². The van der Waals surface area contributed by atoms with Crippen molar-refractivity contribution in [1.82, 2.24) is 4.90 Å². The maximum absolute atomic E-state index is 14.1. The number of carbonyl (C=O) groups is 3. The molecule has 7 N–H and O–H groups in total.